The fourth-order valence-corrected chi connectivity index (χ4v) is 2.92. The molecule has 0 atom stereocenters. The summed E-state index contributed by atoms with van der Waals surface area (Å²) in [6, 6.07) is 4.20. The highest BCUT2D eigenvalue weighted by Gasteiger charge is 2.30. The Labute approximate surface area is 119 Å². The van der Waals surface area contributed by atoms with Crippen LogP contribution >= 0.6 is 11.6 Å². The van der Waals surface area contributed by atoms with Crippen LogP contribution in [0.15, 0.2) is 18.2 Å². The number of benzene rings is 1. The minimum Gasteiger partial charge on any atom is -0.299 e. The average Bonchev–Trinajstić information content (AvgIpc) is 2.33. The second kappa shape index (κ2) is 5.62. The second-order valence-corrected chi connectivity index (χ2v) is 6.72. The van der Waals surface area contributed by atoms with Crippen molar-refractivity contribution < 1.29 is 9.18 Å². The number of ketones is 1. The number of Topliss-reactive ketones (excluding diaryl/α,β-unsaturated/α-hetero) is 1. The molecule has 19 heavy (non-hydrogen) atoms. The van der Waals surface area contributed by atoms with Crippen LogP contribution in [0, 0.1) is 17.2 Å². The predicted molar refractivity (Wildman–Crippen MR) is 75.9 cm³/mol. The SMILES string of the molecule is CC1(C)CCC(C(=O)Cc2cc(F)ccc2Cl)CC1. The van der Waals surface area contributed by atoms with Gasteiger partial charge in [0.25, 0.3) is 0 Å². The summed E-state index contributed by atoms with van der Waals surface area (Å²) in [7, 11) is 0. The van der Waals surface area contributed by atoms with Gasteiger partial charge in [0.2, 0.25) is 0 Å². The van der Waals surface area contributed by atoms with Crippen molar-refractivity contribution in [2.45, 2.75) is 46.0 Å². The summed E-state index contributed by atoms with van der Waals surface area (Å²) in [5.74, 6) is -0.0210. The molecule has 1 aromatic carbocycles. The molecule has 3 heteroatoms. The van der Waals surface area contributed by atoms with E-state index >= 15 is 0 Å². The molecule has 0 saturated heterocycles. The summed E-state index contributed by atoms with van der Waals surface area (Å²) in [6.07, 6.45) is 4.31. The first kappa shape index (κ1) is 14.5. The van der Waals surface area contributed by atoms with Crippen LogP contribution in [-0.2, 0) is 11.2 Å². The van der Waals surface area contributed by atoms with E-state index in [1.54, 1.807) is 0 Å². The third-order valence-electron chi connectivity index (χ3n) is 4.17. The fourth-order valence-electron chi connectivity index (χ4n) is 2.73. The molecular weight excluding hydrogens is 263 g/mol. The number of hydrogen-bond acceptors (Lipinski definition) is 1. The highest BCUT2D eigenvalue weighted by molar-refractivity contribution is 6.31. The molecule has 0 N–H and O–H groups in total. The highest BCUT2D eigenvalue weighted by atomic mass is 35.5. The van der Waals surface area contributed by atoms with E-state index in [1.807, 2.05) is 0 Å². The lowest BCUT2D eigenvalue weighted by Crippen LogP contribution is -2.27. The Kier molecular flexibility index (Phi) is 4.29. The minimum absolute atomic E-state index is 0.118. The molecule has 1 aromatic rings. The summed E-state index contributed by atoms with van der Waals surface area (Å²) in [5, 5.41) is 0.478. The van der Waals surface area contributed by atoms with Gasteiger partial charge in [-0.05, 0) is 54.9 Å². The van der Waals surface area contributed by atoms with Gasteiger partial charge in [0.1, 0.15) is 11.6 Å². The van der Waals surface area contributed by atoms with Crippen molar-refractivity contribution in [1.82, 2.24) is 0 Å². The number of carbonyl (C=O) groups excluding carboxylic acids is 1. The maximum absolute atomic E-state index is 13.2. The Bertz CT molecular complexity index is 472. The van der Waals surface area contributed by atoms with Crippen LogP contribution in [0.1, 0.15) is 45.1 Å². The third-order valence-corrected chi connectivity index (χ3v) is 4.54. The summed E-state index contributed by atoms with van der Waals surface area (Å²) in [4.78, 5) is 12.3. The maximum Gasteiger partial charge on any atom is 0.140 e. The molecule has 0 aliphatic heterocycles. The predicted octanol–water partition coefficient (Wildman–Crippen LogP) is 4.81. The zero-order valence-corrected chi connectivity index (χ0v) is 12.3. The van der Waals surface area contributed by atoms with E-state index < -0.39 is 0 Å². The van der Waals surface area contributed by atoms with Crippen molar-refractivity contribution in [2.24, 2.45) is 11.3 Å². The highest BCUT2D eigenvalue weighted by Crippen LogP contribution is 2.38. The number of hydrogen-bond donors (Lipinski definition) is 0. The molecule has 1 fully saturated rings. The molecule has 1 nitrogen and oxygen atoms in total. The van der Waals surface area contributed by atoms with Gasteiger partial charge in [0, 0.05) is 17.4 Å². The van der Waals surface area contributed by atoms with Crippen LogP contribution in [0.4, 0.5) is 4.39 Å². The molecular formula is C16H20ClFO. The molecule has 2 rings (SSSR count). The number of halogens is 2. The average molecular weight is 283 g/mol. The van der Waals surface area contributed by atoms with Crippen LogP contribution in [0.3, 0.4) is 0 Å². The maximum atomic E-state index is 13.2. The molecule has 104 valence electrons. The van der Waals surface area contributed by atoms with E-state index in [9.17, 15) is 9.18 Å². The van der Waals surface area contributed by atoms with Crippen LogP contribution in [-0.4, -0.2) is 5.78 Å². The number of rotatable bonds is 3. The molecule has 0 amide bonds. The lowest BCUT2D eigenvalue weighted by atomic mass is 9.71. The normalized spacial score (nSPS) is 19.4. The Morgan fingerprint density at radius 1 is 1.37 bits per heavy atom. The Hall–Kier alpha value is -0.890. The Morgan fingerprint density at radius 3 is 2.63 bits per heavy atom. The van der Waals surface area contributed by atoms with Gasteiger partial charge in [-0.15, -0.1) is 0 Å². The van der Waals surface area contributed by atoms with Gasteiger partial charge < -0.3 is 0 Å². The van der Waals surface area contributed by atoms with Crippen LogP contribution < -0.4 is 0 Å². The van der Waals surface area contributed by atoms with Gasteiger partial charge in [0.15, 0.2) is 0 Å². The van der Waals surface area contributed by atoms with E-state index in [0.29, 0.717) is 16.0 Å². The first-order valence-electron chi connectivity index (χ1n) is 6.84. The van der Waals surface area contributed by atoms with Gasteiger partial charge in [-0.3, -0.25) is 4.79 Å². The second-order valence-electron chi connectivity index (χ2n) is 6.32. The summed E-state index contributed by atoms with van der Waals surface area (Å²) in [5.41, 5.74) is 0.962. The standard InChI is InChI=1S/C16H20ClFO/c1-16(2)7-5-11(6-8-16)15(19)10-12-9-13(18)3-4-14(12)17/h3-4,9,11H,5-8,10H2,1-2H3. The zero-order valence-electron chi connectivity index (χ0n) is 11.5. The minimum atomic E-state index is -0.336. The molecule has 0 spiro atoms. The van der Waals surface area contributed by atoms with E-state index in [-0.39, 0.29) is 23.9 Å². The Morgan fingerprint density at radius 2 is 2.00 bits per heavy atom. The van der Waals surface area contributed by atoms with Gasteiger partial charge in [-0.2, -0.15) is 0 Å². The molecule has 1 aliphatic carbocycles. The third kappa shape index (κ3) is 3.79. The first-order chi connectivity index (χ1) is 8.87. The van der Waals surface area contributed by atoms with E-state index in [4.69, 9.17) is 11.6 Å². The van der Waals surface area contributed by atoms with Crippen LogP contribution in [0.2, 0.25) is 5.02 Å². The van der Waals surface area contributed by atoms with Gasteiger partial charge >= 0.3 is 0 Å². The van der Waals surface area contributed by atoms with Crippen molar-refractivity contribution in [3.8, 4) is 0 Å². The quantitative estimate of drug-likeness (QED) is 0.778. The number of carbonyl (C=O) groups is 1. The van der Waals surface area contributed by atoms with Crippen molar-refractivity contribution in [1.29, 1.82) is 0 Å². The fraction of sp³-hybridized carbons (Fsp3) is 0.562. The Balaban J connectivity index is 2.00. The topological polar surface area (TPSA) is 17.1 Å². The molecule has 1 saturated carbocycles. The zero-order chi connectivity index (χ0) is 14.0. The van der Waals surface area contributed by atoms with E-state index in [0.717, 1.165) is 25.7 Å². The van der Waals surface area contributed by atoms with Gasteiger partial charge in [-0.1, -0.05) is 25.4 Å². The monoisotopic (exact) mass is 282 g/mol. The lowest BCUT2D eigenvalue weighted by molar-refractivity contribution is -0.123. The molecule has 0 bridgehead atoms. The summed E-state index contributed by atoms with van der Waals surface area (Å²) >= 11 is 6.01. The van der Waals surface area contributed by atoms with Crippen LogP contribution in [0.5, 0.6) is 0 Å². The van der Waals surface area contributed by atoms with Crippen molar-refractivity contribution in [3.63, 3.8) is 0 Å². The molecule has 1 aliphatic rings. The van der Waals surface area contributed by atoms with E-state index in [2.05, 4.69) is 13.8 Å². The van der Waals surface area contributed by atoms with Crippen molar-refractivity contribution in [3.05, 3.63) is 34.6 Å². The summed E-state index contributed by atoms with van der Waals surface area (Å²) < 4.78 is 13.2. The first-order valence-corrected chi connectivity index (χ1v) is 7.22. The molecule has 0 radical (unpaired) electrons. The van der Waals surface area contributed by atoms with Gasteiger partial charge in [-0.25, -0.2) is 4.39 Å². The van der Waals surface area contributed by atoms with Crippen LogP contribution in [0.25, 0.3) is 0 Å². The summed E-state index contributed by atoms with van der Waals surface area (Å²) in [6.45, 7) is 4.49. The molecule has 0 heterocycles. The van der Waals surface area contributed by atoms with Gasteiger partial charge in [0.05, 0.1) is 0 Å². The smallest absolute Gasteiger partial charge is 0.140 e. The van der Waals surface area contributed by atoms with Crippen molar-refractivity contribution >= 4 is 17.4 Å². The van der Waals surface area contributed by atoms with Crippen molar-refractivity contribution in [2.75, 3.05) is 0 Å². The molecule has 0 unspecified atom stereocenters. The van der Waals surface area contributed by atoms with E-state index in [1.165, 1.54) is 18.2 Å². The largest absolute Gasteiger partial charge is 0.299 e. The molecule has 0 aromatic heterocycles. The lowest BCUT2D eigenvalue weighted by Gasteiger charge is -2.33.